The van der Waals surface area contributed by atoms with Gasteiger partial charge in [-0.3, -0.25) is 18.9 Å². The van der Waals surface area contributed by atoms with Crippen molar-refractivity contribution >= 4 is 33.8 Å². The molecule has 4 rings (SSSR count). The summed E-state index contributed by atoms with van der Waals surface area (Å²) in [6.07, 6.45) is 1.73. The van der Waals surface area contributed by atoms with Crippen molar-refractivity contribution in [2.24, 2.45) is 0 Å². The van der Waals surface area contributed by atoms with Gasteiger partial charge in [-0.1, -0.05) is 23.7 Å². The topological polar surface area (TPSA) is 57.9 Å². The van der Waals surface area contributed by atoms with Gasteiger partial charge >= 0.3 is 0 Å². The SMILES string of the molecule is O=C(c1ccccc1Cl)N1CCN(Cc2cc(=O)n3ccsc3n2)CC1. The van der Waals surface area contributed by atoms with Crippen molar-refractivity contribution in [3.05, 3.63) is 68.5 Å². The molecule has 6 nitrogen and oxygen atoms in total. The van der Waals surface area contributed by atoms with E-state index in [2.05, 4.69) is 9.88 Å². The number of thiazole rings is 1. The van der Waals surface area contributed by atoms with Crippen molar-refractivity contribution < 1.29 is 4.79 Å². The zero-order chi connectivity index (χ0) is 18.1. The summed E-state index contributed by atoms with van der Waals surface area (Å²) in [5.41, 5.74) is 1.25. The first-order chi connectivity index (χ1) is 12.6. The molecule has 26 heavy (non-hydrogen) atoms. The average Bonchev–Trinajstić information content (AvgIpc) is 3.11. The van der Waals surface area contributed by atoms with E-state index in [4.69, 9.17) is 11.6 Å². The molecule has 1 aromatic carbocycles. The number of hydrogen-bond acceptors (Lipinski definition) is 5. The molecule has 134 valence electrons. The lowest BCUT2D eigenvalue weighted by molar-refractivity contribution is 0.0627. The third-order valence-electron chi connectivity index (χ3n) is 4.51. The largest absolute Gasteiger partial charge is 0.336 e. The minimum Gasteiger partial charge on any atom is -0.336 e. The highest BCUT2D eigenvalue weighted by molar-refractivity contribution is 7.15. The Hall–Kier alpha value is -2.22. The molecule has 0 saturated carbocycles. The van der Waals surface area contributed by atoms with Crippen LogP contribution in [-0.2, 0) is 6.54 Å². The van der Waals surface area contributed by atoms with E-state index < -0.39 is 0 Å². The monoisotopic (exact) mass is 388 g/mol. The van der Waals surface area contributed by atoms with E-state index in [1.165, 1.54) is 11.3 Å². The summed E-state index contributed by atoms with van der Waals surface area (Å²) in [6, 6.07) is 8.71. The van der Waals surface area contributed by atoms with Crippen LogP contribution < -0.4 is 5.56 Å². The lowest BCUT2D eigenvalue weighted by Gasteiger charge is -2.34. The highest BCUT2D eigenvalue weighted by Gasteiger charge is 2.23. The number of hydrogen-bond donors (Lipinski definition) is 0. The van der Waals surface area contributed by atoms with Crippen LogP contribution in [0.3, 0.4) is 0 Å². The van der Waals surface area contributed by atoms with Gasteiger partial charge in [0.25, 0.3) is 11.5 Å². The lowest BCUT2D eigenvalue weighted by atomic mass is 10.1. The molecule has 2 aromatic heterocycles. The summed E-state index contributed by atoms with van der Waals surface area (Å²) >= 11 is 7.58. The summed E-state index contributed by atoms with van der Waals surface area (Å²) in [5, 5.41) is 2.33. The summed E-state index contributed by atoms with van der Waals surface area (Å²) in [4.78, 5) is 34.0. The van der Waals surface area contributed by atoms with Crippen LogP contribution >= 0.6 is 22.9 Å². The average molecular weight is 389 g/mol. The van der Waals surface area contributed by atoms with Crippen LogP contribution in [0.2, 0.25) is 5.02 Å². The first kappa shape index (κ1) is 17.2. The molecular formula is C18H17ClN4O2S. The van der Waals surface area contributed by atoms with Gasteiger partial charge in [-0.15, -0.1) is 11.3 Å². The van der Waals surface area contributed by atoms with E-state index in [0.29, 0.717) is 35.2 Å². The number of carbonyl (C=O) groups excluding carboxylic acids is 1. The number of piperazine rings is 1. The zero-order valence-electron chi connectivity index (χ0n) is 14.0. The van der Waals surface area contributed by atoms with Gasteiger partial charge in [0.1, 0.15) is 0 Å². The fourth-order valence-electron chi connectivity index (χ4n) is 3.11. The Balaban J connectivity index is 1.41. The molecule has 3 aromatic rings. The third-order valence-corrected chi connectivity index (χ3v) is 5.59. The van der Waals surface area contributed by atoms with E-state index >= 15 is 0 Å². The summed E-state index contributed by atoms with van der Waals surface area (Å²) in [5.74, 6) is -0.0355. The predicted molar refractivity (Wildman–Crippen MR) is 102 cm³/mol. The smallest absolute Gasteiger partial charge is 0.258 e. The molecule has 1 aliphatic heterocycles. The number of carbonyl (C=O) groups is 1. The van der Waals surface area contributed by atoms with Gasteiger partial charge in [-0.05, 0) is 12.1 Å². The zero-order valence-corrected chi connectivity index (χ0v) is 15.5. The molecule has 0 bridgehead atoms. The predicted octanol–water partition coefficient (Wildman–Crippen LogP) is 2.37. The van der Waals surface area contributed by atoms with Crippen LogP contribution in [0.5, 0.6) is 0 Å². The standard InChI is InChI=1S/C18H17ClN4O2S/c19-15-4-2-1-3-14(15)17(25)22-7-5-21(6-8-22)12-13-11-16(24)23-9-10-26-18(23)20-13/h1-4,9-11H,5-8,12H2. The summed E-state index contributed by atoms with van der Waals surface area (Å²) in [7, 11) is 0. The Bertz CT molecular complexity index is 1010. The number of benzene rings is 1. The van der Waals surface area contributed by atoms with Crippen LogP contribution in [0.25, 0.3) is 4.96 Å². The Labute approximate surface area is 159 Å². The second-order valence-electron chi connectivity index (χ2n) is 6.19. The van der Waals surface area contributed by atoms with Gasteiger partial charge in [-0.25, -0.2) is 4.98 Å². The maximum Gasteiger partial charge on any atom is 0.258 e. The Kier molecular flexibility index (Phi) is 4.76. The van der Waals surface area contributed by atoms with Crippen LogP contribution in [-0.4, -0.2) is 51.3 Å². The fraction of sp³-hybridized carbons (Fsp3) is 0.278. The molecule has 0 spiro atoms. The Morgan fingerprint density at radius 2 is 1.96 bits per heavy atom. The normalized spacial score (nSPS) is 15.5. The molecule has 1 fully saturated rings. The summed E-state index contributed by atoms with van der Waals surface area (Å²) in [6.45, 7) is 3.34. The molecule has 3 heterocycles. The van der Waals surface area contributed by atoms with Gasteiger partial charge in [-0.2, -0.15) is 0 Å². The second-order valence-corrected chi connectivity index (χ2v) is 7.47. The van der Waals surface area contributed by atoms with Gasteiger partial charge in [0, 0.05) is 50.4 Å². The minimum absolute atomic E-state index is 0.0355. The minimum atomic E-state index is -0.0567. The van der Waals surface area contributed by atoms with E-state index in [-0.39, 0.29) is 11.5 Å². The van der Waals surface area contributed by atoms with E-state index in [9.17, 15) is 9.59 Å². The number of fused-ring (bicyclic) bond motifs is 1. The van der Waals surface area contributed by atoms with Crippen molar-refractivity contribution in [2.75, 3.05) is 26.2 Å². The Morgan fingerprint density at radius 1 is 1.19 bits per heavy atom. The number of aromatic nitrogens is 2. The molecule has 0 radical (unpaired) electrons. The first-order valence-corrected chi connectivity index (χ1v) is 9.59. The van der Waals surface area contributed by atoms with Crippen molar-refractivity contribution in [1.82, 2.24) is 19.2 Å². The van der Waals surface area contributed by atoms with Crippen molar-refractivity contribution in [2.45, 2.75) is 6.54 Å². The molecule has 1 aliphatic rings. The molecule has 0 aliphatic carbocycles. The molecule has 8 heteroatoms. The van der Waals surface area contributed by atoms with Crippen molar-refractivity contribution in [3.63, 3.8) is 0 Å². The van der Waals surface area contributed by atoms with E-state index in [1.54, 1.807) is 28.8 Å². The number of rotatable bonds is 3. The molecule has 0 unspecified atom stereocenters. The highest BCUT2D eigenvalue weighted by atomic mass is 35.5. The molecule has 1 amide bonds. The molecule has 0 N–H and O–H groups in total. The van der Waals surface area contributed by atoms with Crippen molar-refractivity contribution in [1.29, 1.82) is 0 Å². The van der Waals surface area contributed by atoms with Crippen LogP contribution in [0.1, 0.15) is 16.1 Å². The van der Waals surface area contributed by atoms with Crippen LogP contribution in [0.4, 0.5) is 0 Å². The van der Waals surface area contributed by atoms with E-state index in [1.807, 2.05) is 22.4 Å². The maximum atomic E-state index is 12.6. The summed E-state index contributed by atoms with van der Waals surface area (Å²) < 4.78 is 1.55. The number of amides is 1. The maximum absolute atomic E-state index is 12.6. The lowest BCUT2D eigenvalue weighted by Crippen LogP contribution is -2.48. The quantitative estimate of drug-likeness (QED) is 0.691. The van der Waals surface area contributed by atoms with Gasteiger partial charge in [0.05, 0.1) is 16.3 Å². The Morgan fingerprint density at radius 3 is 2.73 bits per heavy atom. The molecule has 0 atom stereocenters. The van der Waals surface area contributed by atoms with Crippen LogP contribution in [0.15, 0.2) is 46.7 Å². The van der Waals surface area contributed by atoms with Crippen molar-refractivity contribution in [3.8, 4) is 0 Å². The van der Waals surface area contributed by atoms with Gasteiger partial charge < -0.3 is 4.90 Å². The van der Waals surface area contributed by atoms with Gasteiger partial charge in [0.15, 0.2) is 4.96 Å². The number of halogens is 1. The van der Waals surface area contributed by atoms with Gasteiger partial charge in [0.2, 0.25) is 0 Å². The highest BCUT2D eigenvalue weighted by Crippen LogP contribution is 2.18. The third kappa shape index (κ3) is 3.38. The van der Waals surface area contributed by atoms with E-state index in [0.717, 1.165) is 18.8 Å². The first-order valence-electron chi connectivity index (χ1n) is 8.34. The molecule has 1 saturated heterocycles. The second kappa shape index (κ2) is 7.19. The fourth-order valence-corrected chi connectivity index (χ4v) is 4.07. The van der Waals surface area contributed by atoms with Crippen LogP contribution in [0, 0.1) is 0 Å². The number of nitrogens with zero attached hydrogens (tertiary/aromatic N) is 4. The molecular weight excluding hydrogens is 372 g/mol.